The van der Waals surface area contributed by atoms with E-state index in [1.165, 1.54) is 29.7 Å². The summed E-state index contributed by atoms with van der Waals surface area (Å²) in [7, 11) is 0. The molecular weight excluding hydrogens is 319 g/mol. The first kappa shape index (κ1) is 15.0. The summed E-state index contributed by atoms with van der Waals surface area (Å²) < 4.78 is 12.8. The van der Waals surface area contributed by atoms with Gasteiger partial charge in [-0.05, 0) is 19.1 Å². The molecular formula is C14H11FN6OS. The molecule has 0 radical (unpaired) electrons. The second-order valence-corrected chi connectivity index (χ2v) is 5.65. The smallest absolute Gasteiger partial charge is 0.278 e. The second kappa shape index (κ2) is 6.44. The number of carbonyl (C=O) groups excluding carboxylic acids is 1. The minimum Gasteiger partial charge on any atom is -0.329 e. The zero-order valence-corrected chi connectivity index (χ0v) is 12.8. The summed E-state index contributed by atoms with van der Waals surface area (Å²) in [6, 6.07) is 2.59. The minimum absolute atomic E-state index is 0.212. The van der Waals surface area contributed by atoms with Gasteiger partial charge in [-0.25, -0.2) is 19.3 Å². The third-order valence-electron chi connectivity index (χ3n) is 2.72. The number of hydrogen-bond acceptors (Lipinski definition) is 7. The Balaban J connectivity index is 1.81. The summed E-state index contributed by atoms with van der Waals surface area (Å²) in [6.07, 6.45) is 5.66. The first-order valence-corrected chi connectivity index (χ1v) is 7.37. The summed E-state index contributed by atoms with van der Waals surface area (Å²) in [5.74, 6) is -0.171. The van der Waals surface area contributed by atoms with Crippen LogP contribution < -0.4 is 10.6 Å². The molecule has 23 heavy (non-hydrogen) atoms. The van der Waals surface area contributed by atoms with Gasteiger partial charge >= 0.3 is 0 Å². The van der Waals surface area contributed by atoms with Crippen LogP contribution in [0, 0.1) is 12.7 Å². The molecule has 0 aliphatic heterocycles. The molecule has 3 rings (SSSR count). The zero-order chi connectivity index (χ0) is 16.2. The fourth-order valence-corrected chi connectivity index (χ4v) is 2.59. The maximum absolute atomic E-state index is 12.8. The van der Waals surface area contributed by atoms with Crippen molar-refractivity contribution in [3.8, 4) is 0 Å². The van der Waals surface area contributed by atoms with Crippen molar-refractivity contribution < 1.29 is 9.18 Å². The zero-order valence-electron chi connectivity index (χ0n) is 11.9. The van der Waals surface area contributed by atoms with Gasteiger partial charge in [-0.1, -0.05) is 0 Å². The highest BCUT2D eigenvalue weighted by Crippen LogP contribution is 2.27. The van der Waals surface area contributed by atoms with E-state index in [-0.39, 0.29) is 11.5 Å². The number of aryl methyl sites for hydroxylation is 1. The summed E-state index contributed by atoms with van der Waals surface area (Å²) in [4.78, 5) is 28.4. The van der Waals surface area contributed by atoms with Crippen LogP contribution in [0.2, 0.25) is 0 Å². The molecule has 3 aromatic rings. The molecule has 7 nitrogen and oxygen atoms in total. The molecule has 0 atom stereocenters. The van der Waals surface area contributed by atoms with Crippen LogP contribution in [-0.2, 0) is 0 Å². The molecule has 0 bridgehead atoms. The number of thiazole rings is 1. The van der Waals surface area contributed by atoms with Crippen molar-refractivity contribution in [2.24, 2.45) is 0 Å². The number of aromatic nitrogens is 4. The molecule has 0 spiro atoms. The van der Waals surface area contributed by atoms with E-state index >= 15 is 0 Å². The van der Waals surface area contributed by atoms with E-state index in [1.54, 1.807) is 19.3 Å². The van der Waals surface area contributed by atoms with Gasteiger partial charge in [0.1, 0.15) is 22.5 Å². The van der Waals surface area contributed by atoms with Crippen LogP contribution in [0.1, 0.15) is 15.5 Å². The number of amides is 1. The van der Waals surface area contributed by atoms with E-state index in [1.807, 2.05) is 0 Å². The molecule has 9 heteroatoms. The standard InChI is InChI=1S/C14H11FN6OS/c1-8-19-12(13(22)20-10-3-2-9(15)6-18-10)14(23-8)21-11-7-16-4-5-17-11/h2-7H,1H3,(H,17,21)(H,18,20,22). The maximum Gasteiger partial charge on any atom is 0.278 e. The lowest BCUT2D eigenvalue weighted by molar-refractivity contribution is 0.102. The summed E-state index contributed by atoms with van der Waals surface area (Å²) in [5, 5.41) is 6.85. The van der Waals surface area contributed by atoms with Crippen LogP contribution in [0.15, 0.2) is 36.9 Å². The van der Waals surface area contributed by atoms with Crippen molar-refractivity contribution >= 4 is 33.9 Å². The van der Waals surface area contributed by atoms with Crippen LogP contribution in [-0.4, -0.2) is 25.8 Å². The molecule has 0 saturated carbocycles. The molecule has 0 aliphatic rings. The lowest BCUT2D eigenvalue weighted by atomic mass is 10.4. The molecule has 3 heterocycles. The van der Waals surface area contributed by atoms with Gasteiger partial charge < -0.3 is 10.6 Å². The van der Waals surface area contributed by atoms with Gasteiger partial charge in [0, 0.05) is 12.4 Å². The number of carbonyl (C=O) groups is 1. The lowest BCUT2D eigenvalue weighted by Crippen LogP contribution is -2.15. The normalized spacial score (nSPS) is 10.3. The Morgan fingerprint density at radius 1 is 1.17 bits per heavy atom. The fourth-order valence-electron chi connectivity index (χ4n) is 1.77. The van der Waals surface area contributed by atoms with Gasteiger partial charge in [0.25, 0.3) is 5.91 Å². The van der Waals surface area contributed by atoms with E-state index in [2.05, 4.69) is 30.6 Å². The van der Waals surface area contributed by atoms with Crippen LogP contribution in [0.25, 0.3) is 0 Å². The number of nitrogens with one attached hydrogen (secondary N) is 2. The lowest BCUT2D eigenvalue weighted by Gasteiger charge is -2.05. The average Bonchev–Trinajstić information content (AvgIpc) is 2.91. The highest BCUT2D eigenvalue weighted by molar-refractivity contribution is 7.16. The number of anilines is 3. The topological polar surface area (TPSA) is 92.7 Å². The number of hydrogen-bond donors (Lipinski definition) is 2. The van der Waals surface area contributed by atoms with Crippen molar-refractivity contribution in [2.45, 2.75) is 6.92 Å². The SMILES string of the molecule is Cc1nc(C(=O)Nc2ccc(F)cn2)c(Nc2cnccn2)s1. The van der Waals surface area contributed by atoms with E-state index in [0.29, 0.717) is 15.8 Å². The van der Waals surface area contributed by atoms with Crippen LogP contribution in [0.5, 0.6) is 0 Å². The molecule has 0 fully saturated rings. The first-order valence-electron chi connectivity index (χ1n) is 6.55. The van der Waals surface area contributed by atoms with Crippen molar-refractivity contribution in [2.75, 3.05) is 10.6 Å². The predicted molar refractivity (Wildman–Crippen MR) is 84.3 cm³/mol. The van der Waals surface area contributed by atoms with E-state index in [9.17, 15) is 9.18 Å². The Bertz CT molecular complexity index is 821. The second-order valence-electron chi connectivity index (χ2n) is 4.44. The maximum atomic E-state index is 12.8. The van der Waals surface area contributed by atoms with E-state index in [4.69, 9.17) is 0 Å². The van der Waals surface area contributed by atoms with Gasteiger partial charge in [-0.15, -0.1) is 11.3 Å². The highest BCUT2D eigenvalue weighted by Gasteiger charge is 2.18. The van der Waals surface area contributed by atoms with Gasteiger partial charge in [0.2, 0.25) is 0 Å². The van der Waals surface area contributed by atoms with Crippen molar-refractivity contribution in [1.29, 1.82) is 0 Å². The Labute approximate surface area is 134 Å². The monoisotopic (exact) mass is 330 g/mol. The minimum atomic E-state index is -0.475. The number of pyridine rings is 1. The van der Waals surface area contributed by atoms with Gasteiger partial charge in [0.05, 0.1) is 17.4 Å². The molecule has 116 valence electrons. The van der Waals surface area contributed by atoms with E-state index in [0.717, 1.165) is 6.20 Å². The quantitative estimate of drug-likeness (QED) is 0.764. The number of nitrogens with zero attached hydrogens (tertiary/aromatic N) is 4. The highest BCUT2D eigenvalue weighted by atomic mass is 32.1. The average molecular weight is 330 g/mol. The third kappa shape index (κ3) is 3.64. The number of rotatable bonds is 4. The van der Waals surface area contributed by atoms with Crippen molar-refractivity contribution in [3.05, 3.63) is 53.4 Å². The Kier molecular flexibility index (Phi) is 4.20. The molecule has 0 saturated heterocycles. The molecule has 0 aliphatic carbocycles. The Hall–Kier alpha value is -2.94. The van der Waals surface area contributed by atoms with Crippen molar-refractivity contribution in [3.63, 3.8) is 0 Å². The molecule has 1 amide bonds. The van der Waals surface area contributed by atoms with Gasteiger partial charge in [0.15, 0.2) is 5.69 Å². The van der Waals surface area contributed by atoms with Crippen molar-refractivity contribution in [1.82, 2.24) is 19.9 Å². The molecule has 3 aromatic heterocycles. The van der Waals surface area contributed by atoms with Crippen LogP contribution in [0.4, 0.5) is 21.0 Å². The van der Waals surface area contributed by atoms with Crippen LogP contribution >= 0.6 is 11.3 Å². The van der Waals surface area contributed by atoms with Gasteiger partial charge in [-0.2, -0.15) is 0 Å². The predicted octanol–water partition coefficient (Wildman–Crippen LogP) is 2.77. The fraction of sp³-hybridized carbons (Fsp3) is 0.0714. The van der Waals surface area contributed by atoms with Crippen LogP contribution in [0.3, 0.4) is 0 Å². The Morgan fingerprint density at radius 3 is 2.74 bits per heavy atom. The third-order valence-corrected chi connectivity index (χ3v) is 3.61. The summed E-state index contributed by atoms with van der Waals surface area (Å²) >= 11 is 1.32. The summed E-state index contributed by atoms with van der Waals surface area (Å²) in [6.45, 7) is 1.79. The van der Waals surface area contributed by atoms with Gasteiger partial charge in [-0.3, -0.25) is 9.78 Å². The molecule has 0 aromatic carbocycles. The molecule has 0 unspecified atom stereocenters. The number of halogens is 1. The molecule has 2 N–H and O–H groups in total. The summed E-state index contributed by atoms with van der Waals surface area (Å²) in [5.41, 5.74) is 0.212. The van der Waals surface area contributed by atoms with E-state index < -0.39 is 11.7 Å². The first-order chi connectivity index (χ1) is 11.1. The largest absolute Gasteiger partial charge is 0.329 e. The Morgan fingerprint density at radius 2 is 2.04 bits per heavy atom.